The van der Waals surface area contributed by atoms with Crippen LogP contribution in [0.5, 0.6) is 5.75 Å². The van der Waals surface area contributed by atoms with Gasteiger partial charge in [0.25, 0.3) is 0 Å². The fourth-order valence-corrected chi connectivity index (χ4v) is 4.90. The fraction of sp³-hybridized carbons (Fsp3) is 0.304. The number of amides is 1. The molecule has 0 saturated carbocycles. The van der Waals surface area contributed by atoms with Gasteiger partial charge in [0, 0.05) is 19.3 Å². The number of carbonyl (C=O) groups excluding carboxylic acids is 1. The zero-order valence-electron chi connectivity index (χ0n) is 18.3. The summed E-state index contributed by atoms with van der Waals surface area (Å²) in [5.74, 6) is 1.01. The van der Waals surface area contributed by atoms with E-state index >= 15 is 0 Å². The third-order valence-electron chi connectivity index (χ3n) is 6.25. The van der Waals surface area contributed by atoms with Gasteiger partial charge in [-0.25, -0.2) is 9.67 Å². The first kappa shape index (κ1) is 22.3. The highest BCUT2D eigenvalue weighted by Crippen LogP contribution is 2.37. The number of hydrogen-bond donors (Lipinski definition) is 0. The van der Waals surface area contributed by atoms with Crippen LogP contribution in [0.4, 0.5) is 0 Å². The summed E-state index contributed by atoms with van der Waals surface area (Å²) >= 11 is 2.21. The molecule has 4 aromatic rings. The van der Waals surface area contributed by atoms with Crippen molar-refractivity contribution < 1.29 is 14.1 Å². The zero-order chi connectivity index (χ0) is 23.7. The van der Waals surface area contributed by atoms with Gasteiger partial charge in [0.1, 0.15) is 18.0 Å². The van der Waals surface area contributed by atoms with Crippen LogP contribution in [0.25, 0.3) is 22.6 Å². The van der Waals surface area contributed by atoms with E-state index in [4.69, 9.17) is 9.26 Å². The minimum absolute atomic E-state index is 0.0300. The molecule has 0 unspecified atom stereocenters. The van der Waals surface area contributed by atoms with Crippen LogP contribution in [-0.4, -0.2) is 55.9 Å². The highest BCUT2D eigenvalue weighted by Gasteiger charge is 2.38. The molecule has 1 saturated heterocycles. The largest absolute Gasteiger partial charge is 0.496 e. The molecule has 1 aliphatic rings. The average Bonchev–Trinajstić information content (AvgIpc) is 3.53. The van der Waals surface area contributed by atoms with Gasteiger partial charge in [-0.15, -0.1) is 0 Å². The quantitative estimate of drug-likeness (QED) is 0.336. The molecule has 0 bridgehead atoms. The van der Waals surface area contributed by atoms with Crippen LogP contribution < -0.4 is 4.74 Å². The number of hydrogen-bond acceptors (Lipinski definition) is 8. The lowest BCUT2D eigenvalue weighted by Crippen LogP contribution is -2.45. The Labute approximate surface area is 208 Å². The number of aromatic nitrogens is 5. The SMILES string of the molecule is COc1cc(C2(C#N)CCN(C(=O)Cn3nc(-c4ncon4)c4cccnc43)CC2)ccc1I. The zero-order valence-corrected chi connectivity index (χ0v) is 20.5. The van der Waals surface area contributed by atoms with Crippen molar-refractivity contribution in [3.63, 3.8) is 0 Å². The van der Waals surface area contributed by atoms with Crippen molar-refractivity contribution in [2.45, 2.75) is 24.8 Å². The summed E-state index contributed by atoms with van der Waals surface area (Å²) in [6.45, 7) is 0.984. The number of benzene rings is 1. The summed E-state index contributed by atoms with van der Waals surface area (Å²) in [5.41, 5.74) is 1.36. The van der Waals surface area contributed by atoms with Crippen molar-refractivity contribution >= 4 is 39.5 Å². The Morgan fingerprint density at radius 1 is 1.29 bits per heavy atom. The molecule has 10 nitrogen and oxygen atoms in total. The standard InChI is InChI=1S/C23H20IN7O3/c1-33-18-11-15(4-5-17(18)24)23(13-25)6-9-30(10-7-23)19(32)12-31-22-16(3-2-8-26-22)20(28-31)21-27-14-34-29-21/h2-5,8,11,14H,6-7,9-10,12H2,1H3. The van der Waals surface area contributed by atoms with Gasteiger partial charge >= 0.3 is 0 Å². The Morgan fingerprint density at radius 2 is 2.12 bits per heavy atom. The smallest absolute Gasteiger partial charge is 0.244 e. The maximum Gasteiger partial charge on any atom is 0.244 e. The molecule has 1 aromatic carbocycles. The maximum atomic E-state index is 13.2. The first-order chi connectivity index (χ1) is 16.5. The summed E-state index contributed by atoms with van der Waals surface area (Å²) in [4.78, 5) is 23.4. The summed E-state index contributed by atoms with van der Waals surface area (Å²) < 4.78 is 12.9. The van der Waals surface area contributed by atoms with Crippen molar-refractivity contribution in [1.29, 1.82) is 5.26 Å². The van der Waals surface area contributed by atoms with Crippen LogP contribution in [0.3, 0.4) is 0 Å². The second-order valence-corrected chi connectivity index (χ2v) is 9.22. The molecular formula is C23H20IN7O3. The number of methoxy groups -OCH3 is 1. The third-order valence-corrected chi connectivity index (χ3v) is 7.14. The van der Waals surface area contributed by atoms with E-state index in [1.807, 2.05) is 24.3 Å². The van der Waals surface area contributed by atoms with Crippen LogP contribution in [0, 0.1) is 14.9 Å². The molecule has 11 heteroatoms. The summed E-state index contributed by atoms with van der Waals surface area (Å²) in [6, 6.07) is 12.0. The van der Waals surface area contributed by atoms with E-state index in [0.717, 1.165) is 20.3 Å². The Hall–Kier alpha value is -3.53. The number of rotatable bonds is 5. The molecule has 0 radical (unpaired) electrons. The molecule has 3 aromatic heterocycles. The summed E-state index contributed by atoms with van der Waals surface area (Å²) in [6.07, 6.45) is 3.99. The lowest BCUT2D eigenvalue weighted by atomic mass is 9.74. The molecule has 1 fully saturated rings. The van der Waals surface area contributed by atoms with Gasteiger partial charge < -0.3 is 14.2 Å². The predicted octanol–water partition coefficient (Wildman–Crippen LogP) is 3.18. The van der Waals surface area contributed by atoms with Crippen molar-refractivity contribution in [3.05, 3.63) is 52.1 Å². The normalized spacial score (nSPS) is 15.3. The number of likely N-dealkylation sites (tertiary alicyclic amines) is 1. The van der Waals surface area contributed by atoms with Gasteiger partial charge in [0.05, 0.1) is 27.6 Å². The molecule has 172 valence electrons. The summed E-state index contributed by atoms with van der Waals surface area (Å²) in [5, 5.41) is 19.2. The number of piperidine rings is 1. The minimum Gasteiger partial charge on any atom is -0.496 e. The Balaban J connectivity index is 1.34. The molecule has 34 heavy (non-hydrogen) atoms. The molecule has 0 spiro atoms. The molecule has 1 aliphatic heterocycles. The average molecular weight is 569 g/mol. The number of carbonyl (C=O) groups is 1. The number of fused-ring (bicyclic) bond motifs is 1. The van der Waals surface area contributed by atoms with Crippen molar-refractivity contribution in [2.24, 2.45) is 0 Å². The maximum absolute atomic E-state index is 13.2. The number of nitriles is 1. The van der Waals surface area contributed by atoms with Gasteiger partial charge in [0.2, 0.25) is 18.1 Å². The molecule has 5 rings (SSSR count). The predicted molar refractivity (Wildman–Crippen MR) is 130 cm³/mol. The number of halogens is 1. The van der Waals surface area contributed by atoms with Gasteiger partial charge in [-0.2, -0.15) is 15.3 Å². The molecular weight excluding hydrogens is 549 g/mol. The molecule has 1 amide bonds. The van der Waals surface area contributed by atoms with E-state index in [1.165, 1.54) is 6.39 Å². The van der Waals surface area contributed by atoms with Crippen molar-refractivity contribution in [1.82, 2.24) is 29.8 Å². The second kappa shape index (κ2) is 9.02. The molecule has 4 heterocycles. The molecule has 0 atom stereocenters. The number of pyridine rings is 1. The van der Waals surface area contributed by atoms with E-state index < -0.39 is 5.41 Å². The lowest BCUT2D eigenvalue weighted by Gasteiger charge is -2.37. The van der Waals surface area contributed by atoms with Crippen LogP contribution >= 0.6 is 22.6 Å². The number of ether oxygens (including phenoxy) is 1. The highest BCUT2D eigenvalue weighted by atomic mass is 127. The van der Waals surface area contributed by atoms with Crippen LogP contribution in [-0.2, 0) is 16.8 Å². The first-order valence-corrected chi connectivity index (χ1v) is 11.7. The van der Waals surface area contributed by atoms with Gasteiger partial charge in [0.15, 0.2) is 5.65 Å². The molecule has 0 aliphatic carbocycles. The lowest BCUT2D eigenvalue weighted by molar-refractivity contribution is -0.133. The van der Waals surface area contributed by atoms with Crippen LogP contribution in [0.15, 0.2) is 47.4 Å². The molecule has 0 N–H and O–H groups in total. The van der Waals surface area contributed by atoms with Crippen molar-refractivity contribution in [2.75, 3.05) is 20.2 Å². The van der Waals surface area contributed by atoms with E-state index in [9.17, 15) is 10.1 Å². The summed E-state index contributed by atoms with van der Waals surface area (Å²) in [7, 11) is 1.62. The van der Waals surface area contributed by atoms with E-state index in [0.29, 0.717) is 43.1 Å². The Morgan fingerprint density at radius 3 is 2.82 bits per heavy atom. The highest BCUT2D eigenvalue weighted by molar-refractivity contribution is 14.1. The van der Waals surface area contributed by atoms with Crippen LogP contribution in [0.1, 0.15) is 18.4 Å². The second-order valence-electron chi connectivity index (χ2n) is 8.06. The Bertz CT molecular complexity index is 1390. The minimum atomic E-state index is -0.653. The third kappa shape index (κ3) is 3.87. The van der Waals surface area contributed by atoms with Gasteiger partial charge in [-0.3, -0.25) is 4.79 Å². The van der Waals surface area contributed by atoms with Gasteiger partial charge in [-0.05, 0) is 65.3 Å². The topological polar surface area (TPSA) is 123 Å². The number of nitrogens with zero attached hydrogens (tertiary/aromatic N) is 7. The van der Waals surface area contributed by atoms with E-state index in [1.54, 1.807) is 29.0 Å². The van der Waals surface area contributed by atoms with Crippen molar-refractivity contribution in [3.8, 4) is 23.3 Å². The van der Waals surface area contributed by atoms with Gasteiger partial charge in [-0.1, -0.05) is 11.2 Å². The van der Waals surface area contributed by atoms with E-state index in [2.05, 4.69) is 48.9 Å². The first-order valence-electron chi connectivity index (χ1n) is 10.7. The monoisotopic (exact) mass is 569 g/mol. The van der Waals surface area contributed by atoms with Crippen LogP contribution in [0.2, 0.25) is 0 Å². The fourth-order valence-electron chi connectivity index (χ4n) is 4.35. The van der Waals surface area contributed by atoms with E-state index in [-0.39, 0.29) is 12.5 Å². The Kier molecular flexibility index (Phi) is 5.91.